The van der Waals surface area contributed by atoms with Gasteiger partial charge in [-0.3, -0.25) is 9.11 Å². The predicted molar refractivity (Wildman–Crippen MR) is 70.8 cm³/mol. The van der Waals surface area contributed by atoms with Crippen molar-refractivity contribution in [3.63, 3.8) is 0 Å². The quantitative estimate of drug-likeness (QED) is 0.590. The van der Waals surface area contributed by atoms with E-state index >= 15 is 0 Å². The second kappa shape index (κ2) is 8.15. The van der Waals surface area contributed by atoms with Gasteiger partial charge in [-0.2, -0.15) is 16.8 Å². The third-order valence-corrected chi connectivity index (χ3v) is 4.58. The lowest BCUT2D eigenvalue weighted by atomic mass is 10.2. The van der Waals surface area contributed by atoms with Gasteiger partial charge in [0.2, 0.25) is 0 Å². The third-order valence-electron chi connectivity index (χ3n) is 2.55. The Bertz CT molecular complexity index is 398. The van der Waals surface area contributed by atoms with Crippen LogP contribution in [0.2, 0.25) is 0 Å². The first-order valence-corrected chi connectivity index (χ1v) is 9.21. The maximum absolute atomic E-state index is 11.1. The van der Waals surface area contributed by atoms with Crippen LogP contribution in [0.1, 0.15) is 52.4 Å². The van der Waals surface area contributed by atoms with Crippen LogP contribution in [-0.4, -0.2) is 36.8 Å². The van der Waals surface area contributed by atoms with Crippen molar-refractivity contribution < 1.29 is 30.7 Å². The summed E-state index contributed by atoms with van der Waals surface area (Å²) < 4.78 is 67.4. The zero-order valence-electron chi connectivity index (χ0n) is 11.1. The molecule has 0 radical (unpaired) electrons. The first-order valence-electron chi connectivity index (χ1n) is 6.21. The first kappa shape index (κ1) is 18.8. The van der Waals surface area contributed by atoms with Crippen LogP contribution in [0.25, 0.3) is 0 Å². The summed E-state index contributed by atoms with van der Waals surface area (Å²) in [5, 5.41) is 0. The molecule has 0 fully saturated rings. The van der Waals surface area contributed by atoms with E-state index in [4.69, 9.17) is 13.8 Å². The largest absolute Gasteiger partial charge is 0.338 e. The Morgan fingerprint density at radius 3 is 1.37 bits per heavy atom. The lowest BCUT2D eigenvalue weighted by molar-refractivity contribution is 0.0563. The molecule has 9 heteroatoms. The molecule has 0 aliphatic heterocycles. The first-order chi connectivity index (χ1) is 8.62. The predicted octanol–water partition coefficient (Wildman–Crippen LogP) is 1.81. The molecular weight excluding hydrogens is 296 g/mol. The van der Waals surface area contributed by atoms with E-state index in [2.05, 4.69) is 0 Å². The maximum Gasteiger partial charge on any atom is 0.292 e. The van der Waals surface area contributed by atoms with Crippen molar-refractivity contribution in [2.45, 2.75) is 63.2 Å². The molecule has 0 aromatic heterocycles. The second-order valence-electron chi connectivity index (χ2n) is 4.31. The molecule has 0 aliphatic rings. The summed E-state index contributed by atoms with van der Waals surface area (Å²) in [5.74, 6) is 0. The number of unbranched alkanes of at least 4 members (excludes halogenated alkanes) is 2. The fourth-order valence-corrected chi connectivity index (χ4v) is 3.03. The number of rotatable bonds is 10. The van der Waals surface area contributed by atoms with Gasteiger partial charge in [0.15, 0.2) is 10.9 Å². The van der Waals surface area contributed by atoms with Crippen molar-refractivity contribution in [3.8, 4) is 0 Å². The topological polar surface area (TPSA) is 118 Å². The van der Waals surface area contributed by atoms with E-state index in [1.807, 2.05) is 13.8 Å². The van der Waals surface area contributed by atoms with Crippen LogP contribution in [0.5, 0.6) is 0 Å². The summed E-state index contributed by atoms with van der Waals surface area (Å²) in [6.45, 7) is 3.64. The summed E-state index contributed by atoms with van der Waals surface area (Å²) in [6.07, 6.45) is 2.20. The van der Waals surface area contributed by atoms with Gasteiger partial charge in [0, 0.05) is 0 Å². The molecule has 2 N–H and O–H groups in total. The van der Waals surface area contributed by atoms with Gasteiger partial charge in [0.25, 0.3) is 20.2 Å². The van der Waals surface area contributed by atoms with Crippen LogP contribution < -0.4 is 0 Å². The van der Waals surface area contributed by atoms with Gasteiger partial charge < -0.3 is 4.74 Å². The van der Waals surface area contributed by atoms with Crippen molar-refractivity contribution >= 4 is 20.2 Å². The van der Waals surface area contributed by atoms with E-state index in [1.54, 1.807) is 0 Å². The fourth-order valence-electron chi connectivity index (χ4n) is 1.49. The molecule has 0 aliphatic carbocycles. The Labute approximate surface area is 114 Å². The zero-order valence-corrected chi connectivity index (χ0v) is 12.8. The Morgan fingerprint density at radius 2 is 1.16 bits per heavy atom. The van der Waals surface area contributed by atoms with Crippen molar-refractivity contribution in [1.29, 1.82) is 0 Å². The van der Waals surface area contributed by atoms with Gasteiger partial charge >= 0.3 is 0 Å². The SMILES string of the molecule is CCCCC(OC(CCCC)S(=O)(=O)O)S(=O)(=O)O. The average molecular weight is 318 g/mol. The molecule has 0 saturated heterocycles. The van der Waals surface area contributed by atoms with Gasteiger partial charge in [0.05, 0.1) is 0 Å². The van der Waals surface area contributed by atoms with Gasteiger partial charge in [0.1, 0.15) is 0 Å². The van der Waals surface area contributed by atoms with E-state index in [0.29, 0.717) is 25.7 Å². The Hall–Kier alpha value is -0.220. The van der Waals surface area contributed by atoms with Crippen molar-refractivity contribution in [2.24, 2.45) is 0 Å². The van der Waals surface area contributed by atoms with E-state index in [-0.39, 0.29) is 12.8 Å². The molecule has 0 bridgehead atoms. The van der Waals surface area contributed by atoms with E-state index in [9.17, 15) is 16.8 Å². The smallest absolute Gasteiger partial charge is 0.292 e. The summed E-state index contributed by atoms with van der Waals surface area (Å²) in [6, 6.07) is 0. The lowest BCUT2D eigenvalue weighted by Gasteiger charge is -2.20. The summed E-state index contributed by atoms with van der Waals surface area (Å²) in [4.78, 5) is 0. The monoisotopic (exact) mass is 318 g/mol. The van der Waals surface area contributed by atoms with Gasteiger partial charge in [-0.1, -0.05) is 26.7 Å². The number of hydrogen-bond acceptors (Lipinski definition) is 5. The van der Waals surface area contributed by atoms with Crippen molar-refractivity contribution in [1.82, 2.24) is 0 Å². The zero-order chi connectivity index (χ0) is 15.1. The second-order valence-corrected chi connectivity index (χ2v) is 7.42. The molecule has 2 unspecified atom stereocenters. The van der Waals surface area contributed by atoms with Crippen LogP contribution in [-0.2, 0) is 25.0 Å². The molecule has 0 rings (SSSR count). The lowest BCUT2D eigenvalue weighted by Crippen LogP contribution is -2.33. The van der Waals surface area contributed by atoms with Crippen LogP contribution in [0, 0.1) is 0 Å². The van der Waals surface area contributed by atoms with Crippen LogP contribution in [0.3, 0.4) is 0 Å². The molecule has 0 heterocycles. The summed E-state index contributed by atoms with van der Waals surface area (Å²) >= 11 is 0. The molecular formula is C10H22O7S2. The molecule has 0 aromatic carbocycles. The summed E-state index contributed by atoms with van der Waals surface area (Å²) in [7, 11) is -9.03. The normalized spacial score (nSPS) is 16.2. The fraction of sp³-hybridized carbons (Fsp3) is 1.00. The molecule has 0 saturated carbocycles. The van der Waals surface area contributed by atoms with Gasteiger partial charge in [-0.25, -0.2) is 0 Å². The molecule has 7 nitrogen and oxygen atoms in total. The summed E-state index contributed by atoms with van der Waals surface area (Å²) in [5.41, 5.74) is -3.26. The highest BCUT2D eigenvalue weighted by molar-refractivity contribution is 7.87. The molecule has 116 valence electrons. The van der Waals surface area contributed by atoms with Crippen molar-refractivity contribution in [2.75, 3.05) is 0 Å². The third kappa shape index (κ3) is 7.83. The highest BCUT2D eigenvalue weighted by Crippen LogP contribution is 2.19. The highest BCUT2D eigenvalue weighted by Gasteiger charge is 2.32. The van der Waals surface area contributed by atoms with Crippen LogP contribution >= 0.6 is 0 Å². The minimum atomic E-state index is -4.52. The Morgan fingerprint density at radius 1 is 0.842 bits per heavy atom. The van der Waals surface area contributed by atoms with E-state index < -0.39 is 31.1 Å². The Kier molecular flexibility index (Phi) is 8.06. The molecule has 0 spiro atoms. The average Bonchev–Trinajstić information content (AvgIpc) is 2.24. The molecule has 2 atom stereocenters. The van der Waals surface area contributed by atoms with E-state index in [1.165, 1.54) is 0 Å². The molecule has 0 amide bonds. The van der Waals surface area contributed by atoms with Crippen LogP contribution in [0.15, 0.2) is 0 Å². The maximum atomic E-state index is 11.1. The Balaban J connectivity index is 4.93. The number of hydrogen-bond donors (Lipinski definition) is 2. The van der Waals surface area contributed by atoms with Gasteiger partial charge in [-0.15, -0.1) is 0 Å². The molecule has 0 aromatic rings. The minimum Gasteiger partial charge on any atom is -0.338 e. The standard InChI is InChI=1S/C10H22O7S2/c1-3-5-7-9(18(11,12)13)17-10(8-6-4-2)19(14,15)16/h9-10H,3-8H2,1-2H3,(H,11,12,13)(H,14,15,16). The van der Waals surface area contributed by atoms with E-state index in [0.717, 1.165) is 0 Å². The number of ether oxygens (including phenoxy) is 1. The van der Waals surface area contributed by atoms with Crippen molar-refractivity contribution in [3.05, 3.63) is 0 Å². The minimum absolute atomic E-state index is 0.0204. The molecule has 19 heavy (non-hydrogen) atoms. The van der Waals surface area contributed by atoms with Gasteiger partial charge in [-0.05, 0) is 25.7 Å². The van der Waals surface area contributed by atoms with Crippen LogP contribution in [0.4, 0.5) is 0 Å². The highest BCUT2D eigenvalue weighted by atomic mass is 32.2.